The predicted molar refractivity (Wildman–Crippen MR) is 122 cm³/mol. The fraction of sp³-hybridized carbons (Fsp3) is 0.455. The van der Waals surface area contributed by atoms with Crippen molar-refractivity contribution in [3.63, 3.8) is 0 Å². The number of halogens is 4. The molecule has 2 aromatic heterocycles. The monoisotopic (exact) mass is 498 g/mol. The molecule has 1 aliphatic rings. The Morgan fingerprint density at radius 2 is 2.03 bits per heavy atom. The predicted octanol–water partition coefficient (Wildman–Crippen LogP) is 5.31. The number of amides is 1. The first-order chi connectivity index (χ1) is 15.3. The van der Waals surface area contributed by atoms with Gasteiger partial charge >= 0.3 is 6.18 Å². The van der Waals surface area contributed by atoms with Crippen LogP contribution in [0.3, 0.4) is 0 Å². The van der Waals surface area contributed by atoms with Crippen molar-refractivity contribution in [3.8, 4) is 0 Å². The lowest BCUT2D eigenvalue weighted by molar-refractivity contribution is -0.137. The summed E-state index contributed by atoms with van der Waals surface area (Å²) in [4.78, 5) is 27.2. The van der Waals surface area contributed by atoms with Crippen LogP contribution in [0.25, 0.3) is 10.2 Å². The summed E-state index contributed by atoms with van der Waals surface area (Å²) in [5.74, 6) is -0.236. The van der Waals surface area contributed by atoms with Gasteiger partial charge in [0, 0.05) is 4.88 Å². The van der Waals surface area contributed by atoms with Gasteiger partial charge in [-0.15, -0.1) is 16.4 Å². The van der Waals surface area contributed by atoms with E-state index in [1.54, 1.807) is 0 Å². The summed E-state index contributed by atoms with van der Waals surface area (Å²) in [7, 11) is 0. The number of benzene rings is 1. The second-order valence-corrected chi connectivity index (χ2v) is 10.8. The second kappa shape index (κ2) is 8.39. The maximum absolute atomic E-state index is 13.1. The second-order valence-electron chi connectivity index (χ2n) is 9.28. The van der Waals surface area contributed by atoms with Gasteiger partial charge in [-0.3, -0.25) is 9.59 Å². The fourth-order valence-electron chi connectivity index (χ4n) is 4.09. The molecule has 33 heavy (non-hydrogen) atoms. The van der Waals surface area contributed by atoms with Crippen molar-refractivity contribution in [1.29, 1.82) is 0 Å². The Bertz CT molecular complexity index is 1290. The fourth-order valence-corrected chi connectivity index (χ4v) is 5.49. The lowest BCUT2D eigenvalue weighted by Gasteiger charge is -2.33. The van der Waals surface area contributed by atoms with Crippen molar-refractivity contribution >= 4 is 44.7 Å². The smallest absolute Gasteiger partial charge is 0.323 e. The number of hydrogen-bond donors (Lipinski definition) is 1. The molecule has 1 atom stereocenters. The lowest BCUT2D eigenvalue weighted by atomic mass is 9.72. The Kier molecular flexibility index (Phi) is 6.03. The van der Waals surface area contributed by atoms with Gasteiger partial charge in [-0.1, -0.05) is 37.6 Å². The molecule has 0 unspecified atom stereocenters. The Balaban J connectivity index is 1.59. The summed E-state index contributed by atoms with van der Waals surface area (Å²) < 4.78 is 39.8. The van der Waals surface area contributed by atoms with Gasteiger partial charge in [0.25, 0.3) is 5.56 Å². The molecule has 11 heteroatoms. The van der Waals surface area contributed by atoms with Crippen LogP contribution in [0.2, 0.25) is 5.02 Å². The van der Waals surface area contributed by atoms with Crippen molar-refractivity contribution in [2.75, 3.05) is 5.32 Å². The zero-order valence-electron chi connectivity index (χ0n) is 18.2. The molecule has 1 aromatic carbocycles. The summed E-state index contributed by atoms with van der Waals surface area (Å²) in [5.41, 5.74) is -0.455. The van der Waals surface area contributed by atoms with Gasteiger partial charge in [-0.25, -0.2) is 4.68 Å². The third-order valence-corrected chi connectivity index (χ3v) is 7.49. The highest BCUT2D eigenvalue weighted by atomic mass is 35.5. The van der Waals surface area contributed by atoms with Gasteiger partial charge in [0.05, 0.1) is 21.7 Å². The van der Waals surface area contributed by atoms with E-state index in [1.807, 2.05) is 0 Å². The molecule has 0 radical (unpaired) electrons. The molecule has 0 aliphatic heterocycles. The highest BCUT2D eigenvalue weighted by Crippen LogP contribution is 2.42. The third-order valence-electron chi connectivity index (χ3n) is 6.02. The van der Waals surface area contributed by atoms with E-state index >= 15 is 0 Å². The molecule has 0 bridgehead atoms. The Hall–Kier alpha value is -2.46. The molecule has 4 rings (SSSR count). The molecule has 2 heterocycles. The SMILES string of the molecule is CC(C)(C)[C@@H]1CCc2c(sc3nnn(CC(=O)Nc4cc(C(F)(F)F)ccc4Cl)c(=O)c23)C1. The number of anilines is 1. The van der Waals surface area contributed by atoms with Crippen molar-refractivity contribution in [1.82, 2.24) is 15.0 Å². The first-order valence-electron chi connectivity index (χ1n) is 10.4. The van der Waals surface area contributed by atoms with E-state index in [0.717, 1.165) is 52.6 Å². The molecular weight excluding hydrogens is 477 g/mol. The number of hydrogen-bond acceptors (Lipinski definition) is 5. The number of thiophene rings is 1. The van der Waals surface area contributed by atoms with Crippen LogP contribution >= 0.6 is 22.9 Å². The van der Waals surface area contributed by atoms with E-state index in [0.29, 0.717) is 16.1 Å². The van der Waals surface area contributed by atoms with Crippen molar-refractivity contribution in [3.05, 3.63) is 49.6 Å². The molecule has 6 nitrogen and oxygen atoms in total. The maximum atomic E-state index is 13.1. The zero-order chi connectivity index (χ0) is 24.1. The molecule has 0 saturated heterocycles. The number of carbonyl (C=O) groups is 1. The molecule has 1 N–H and O–H groups in total. The zero-order valence-corrected chi connectivity index (χ0v) is 19.8. The topological polar surface area (TPSA) is 76.9 Å². The van der Waals surface area contributed by atoms with E-state index < -0.39 is 29.8 Å². The summed E-state index contributed by atoms with van der Waals surface area (Å²) in [6.07, 6.45) is -2.00. The summed E-state index contributed by atoms with van der Waals surface area (Å²) in [5, 5.41) is 10.8. The van der Waals surface area contributed by atoms with Gasteiger partial charge in [0.15, 0.2) is 4.83 Å². The molecule has 0 spiro atoms. The highest BCUT2D eigenvalue weighted by molar-refractivity contribution is 7.18. The molecular formula is C22H22ClF3N4O2S. The minimum Gasteiger partial charge on any atom is -0.323 e. The molecule has 176 valence electrons. The molecule has 1 amide bonds. The van der Waals surface area contributed by atoms with Gasteiger partial charge in [0.1, 0.15) is 6.54 Å². The van der Waals surface area contributed by atoms with Crippen LogP contribution in [0.5, 0.6) is 0 Å². The van der Waals surface area contributed by atoms with E-state index in [2.05, 4.69) is 36.4 Å². The summed E-state index contributed by atoms with van der Waals surface area (Å²) >= 11 is 7.39. The normalized spacial score (nSPS) is 16.6. The third kappa shape index (κ3) is 4.77. The average Bonchev–Trinajstić information content (AvgIpc) is 3.08. The number of nitrogens with one attached hydrogen (secondary N) is 1. The van der Waals surface area contributed by atoms with Gasteiger partial charge in [0.2, 0.25) is 5.91 Å². The largest absolute Gasteiger partial charge is 0.416 e. The Morgan fingerprint density at radius 3 is 2.70 bits per heavy atom. The van der Waals surface area contributed by atoms with Crippen LogP contribution in [0.1, 0.15) is 43.2 Å². The first-order valence-corrected chi connectivity index (χ1v) is 11.6. The number of rotatable bonds is 3. The first kappa shape index (κ1) is 23.7. The van der Waals surface area contributed by atoms with Crippen molar-refractivity contribution in [2.24, 2.45) is 11.3 Å². The minimum atomic E-state index is -4.58. The highest BCUT2D eigenvalue weighted by Gasteiger charge is 2.33. The Labute approximate surface area is 196 Å². The van der Waals surface area contributed by atoms with Gasteiger partial charge < -0.3 is 5.32 Å². The van der Waals surface area contributed by atoms with E-state index in [9.17, 15) is 22.8 Å². The van der Waals surface area contributed by atoms with Crippen molar-refractivity contribution < 1.29 is 18.0 Å². The van der Waals surface area contributed by atoms with Crippen LogP contribution in [0.4, 0.5) is 18.9 Å². The summed E-state index contributed by atoms with van der Waals surface area (Å²) in [6, 6.07) is 2.63. The van der Waals surface area contributed by atoms with Gasteiger partial charge in [-0.2, -0.15) is 13.2 Å². The number of fused-ring (bicyclic) bond motifs is 3. The molecule has 0 fully saturated rings. The van der Waals surface area contributed by atoms with E-state index in [4.69, 9.17) is 11.6 Å². The number of alkyl halides is 3. The molecule has 1 aliphatic carbocycles. The van der Waals surface area contributed by atoms with Crippen LogP contribution in [0, 0.1) is 11.3 Å². The van der Waals surface area contributed by atoms with E-state index in [-0.39, 0.29) is 16.1 Å². The van der Waals surface area contributed by atoms with Crippen LogP contribution < -0.4 is 10.9 Å². The number of aromatic nitrogens is 3. The lowest BCUT2D eigenvalue weighted by Crippen LogP contribution is -2.31. The summed E-state index contributed by atoms with van der Waals surface area (Å²) in [6.45, 7) is 6.12. The van der Waals surface area contributed by atoms with Crippen LogP contribution in [0.15, 0.2) is 23.0 Å². The minimum absolute atomic E-state index is 0.0504. The molecule has 0 saturated carbocycles. The van der Waals surface area contributed by atoms with Gasteiger partial charge in [-0.05, 0) is 54.4 Å². The Morgan fingerprint density at radius 1 is 1.30 bits per heavy atom. The number of carbonyl (C=O) groups excluding carboxylic acids is 1. The van der Waals surface area contributed by atoms with Crippen LogP contribution in [-0.2, 0) is 30.4 Å². The van der Waals surface area contributed by atoms with Crippen LogP contribution in [-0.4, -0.2) is 20.9 Å². The number of aryl methyl sites for hydroxylation is 1. The average molecular weight is 499 g/mol. The maximum Gasteiger partial charge on any atom is 0.416 e. The quantitative estimate of drug-likeness (QED) is 0.530. The molecule has 3 aromatic rings. The number of nitrogens with zero attached hydrogens (tertiary/aromatic N) is 3. The van der Waals surface area contributed by atoms with Crippen molar-refractivity contribution in [2.45, 2.75) is 52.8 Å². The van der Waals surface area contributed by atoms with E-state index in [1.165, 1.54) is 11.3 Å². The standard InChI is InChI=1S/C22H22ClF3N4O2S/c1-21(2,3)11-4-6-13-16(9-11)33-19-18(13)20(32)30(29-28-19)10-17(31)27-15-8-12(22(24,25)26)5-7-14(15)23/h5,7-8,11H,4,6,9-10H2,1-3H3,(H,27,31)/t11-/m1/s1.